The third-order valence-corrected chi connectivity index (χ3v) is 10.1. The van der Waals surface area contributed by atoms with E-state index < -0.39 is 8.07 Å². The van der Waals surface area contributed by atoms with Crippen molar-refractivity contribution in [3.8, 4) is 0 Å². The van der Waals surface area contributed by atoms with Gasteiger partial charge in [-0.15, -0.1) is 13.2 Å². The fraction of sp³-hybridized carbons (Fsp3) is 0.500. The first-order chi connectivity index (χ1) is 10.4. The summed E-state index contributed by atoms with van der Waals surface area (Å²) in [5, 5.41) is 12.4. The van der Waals surface area contributed by atoms with Crippen LogP contribution in [0.4, 0.5) is 0 Å². The second-order valence-electron chi connectivity index (χ2n) is 6.93. The molecule has 0 saturated heterocycles. The zero-order valence-electron chi connectivity index (χ0n) is 14.7. The molecular formula is C20H32OSi. The van der Waals surface area contributed by atoms with Crippen molar-refractivity contribution in [3.05, 3.63) is 55.6 Å². The Hall–Kier alpha value is -1.12. The summed E-state index contributed by atoms with van der Waals surface area (Å²) in [7, 11) is -1.94. The van der Waals surface area contributed by atoms with E-state index in [2.05, 4.69) is 76.5 Å². The van der Waals surface area contributed by atoms with Gasteiger partial charge in [0.25, 0.3) is 0 Å². The Morgan fingerprint density at radius 2 is 1.82 bits per heavy atom. The minimum atomic E-state index is -1.94. The van der Waals surface area contributed by atoms with Crippen molar-refractivity contribution in [2.24, 2.45) is 5.92 Å². The SMILES string of the molecule is C=CC[C@H](C)[C@@H](O)[C@](C=C)(CCC)[Si](C)(C)c1ccccc1. The van der Waals surface area contributed by atoms with Crippen molar-refractivity contribution in [2.45, 2.75) is 57.3 Å². The number of benzene rings is 1. The van der Waals surface area contributed by atoms with E-state index in [1.54, 1.807) is 0 Å². The second kappa shape index (κ2) is 7.93. The smallest absolute Gasteiger partial charge is 0.0935 e. The van der Waals surface area contributed by atoms with Gasteiger partial charge < -0.3 is 5.11 Å². The Kier molecular flexibility index (Phi) is 6.83. The molecule has 1 nitrogen and oxygen atoms in total. The van der Waals surface area contributed by atoms with E-state index >= 15 is 0 Å². The standard InChI is InChI=1S/C20H32OSi/c1-7-13-17(4)19(21)20(9-3,16-8-2)22(5,6)18-14-11-10-12-15-18/h7,9-12,14-15,17,19,21H,1,3,8,13,16H2,2,4-6H3/t17-,19+,20-/m0/s1. The van der Waals surface area contributed by atoms with Crippen LogP contribution >= 0.6 is 0 Å². The quantitative estimate of drug-likeness (QED) is 0.507. The number of rotatable bonds is 9. The number of aliphatic hydroxyl groups is 1. The Balaban J connectivity index is 3.37. The molecule has 3 atom stereocenters. The Bertz CT molecular complexity index is 480. The fourth-order valence-electron chi connectivity index (χ4n) is 3.74. The van der Waals surface area contributed by atoms with Gasteiger partial charge in [0.15, 0.2) is 0 Å². The van der Waals surface area contributed by atoms with Crippen LogP contribution in [0.2, 0.25) is 18.1 Å². The van der Waals surface area contributed by atoms with Crippen molar-refractivity contribution >= 4 is 13.3 Å². The van der Waals surface area contributed by atoms with E-state index in [-0.39, 0.29) is 17.1 Å². The van der Waals surface area contributed by atoms with E-state index in [0.717, 1.165) is 19.3 Å². The first kappa shape index (κ1) is 18.9. The van der Waals surface area contributed by atoms with E-state index in [1.165, 1.54) is 5.19 Å². The van der Waals surface area contributed by atoms with E-state index in [9.17, 15) is 5.11 Å². The zero-order valence-corrected chi connectivity index (χ0v) is 15.7. The molecule has 0 aliphatic heterocycles. The van der Waals surface area contributed by atoms with Crippen LogP contribution in [-0.2, 0) is 0 Å². The first-order valence-corrected chi connectivity index (χ1v) is 11.4. The van der Waals surface area contributed by atoms with Gasteiger partial charge in [-0.2, -0.15) is 0 Å². The highest BCUT2D eigenvalue weighted by molar-refractivity contribution is 6.92. The van der Waals surface area contributed by atoms with E-state index in [4.69, 9.17) is 0 Å². The molecule has 1 rings (SSSR count). The average molecular weight is 317 g/mol. The summed E-state index contributed by atoms with van der Waals surface area (Å²) in [5.74, 6) is 0.192. The van der Waals surface area contributed by atoms with Crippen LogP contribution in [0.25, 0.3) is 0 Å². The third kappa shape index (κ3) is 3.44. The van der Waals surface area contributed by atoms with Crippen LogP contribution in [0.1, 0.15) is 33.1 Å². The van der Waals surface area contributed by atoms with E-state index in [1.807, 2.05) is 6.08 Å². The van der Waals surface area contributed by atoms with E-state index in [0.29, 0.717) is 0 Å². The molecule has 0 spiro atoms. The van der Waals surface area contributed by atoms with Gasteiger partial charge in [0.05, 0.1) is 14.2 Å². The second-order valence-corrected chi connectivity index (χ2v) is 11.7. The summed E-state index contributed by atoms with van der Waals surface area (Å²) >= 11 is 0. The molecule has 1 aromatic rings. The third-order valence-electron chi connectivity index (χ3n) is 5.29. The van der Waals surface area contributed by atoms with Gasteiger partial charge in [0.1, 0.15) is 0 Å². The summed E-state index contributed by atoms with van der Waals surface area (Å²) in [5.41, 5.74) is 0. The summed E-state index contributed by atoms with van der Waals surface area (Å²) in [6.07, 6.45) is 6.44. The molecule has 0 amide bonds. The zero-order chi connectivity index (χ0) is 16.8. The molecule has 1 aromatic carbocycles. The van der Waals surface area contributed by atoms with Crippen molar-refractivity contribution < 1.29 is 5.11 Å². The monoisotopic (exact) mass is 316 g/mol. The summed E-state index contributed by atoms with van der Waals surface area (Å²) in [4.78, 5) is 0. The van der Waals surface area contributed by atoms with Crippen LogP contribution in [0, 0.1) is 5.92 Å². The van der Waals surface area contributed by atoms with Gasteiger partial charge in [-0.25, -0.2) is 0 Å². The predicted octanol–water partition coefficient (Wildman–Crippen LogP) is 4.90. The number of allylic oxidation sites excluding steroid dienone is 1. The Morgan fingerprint density at radius 3 is 2.27 bits per heavy atom. The van der Waals surface area contributed by atoms with Gasteiger partial charge in [-0.3, -0.25) is 0 Å². The van der Waals surface area contributed by atoms with Crippen molar-refractivity contribution in [1.29, 1.82) is 0 Å². The van der Waals surface area contributed by atoms with Crippen LogP contribution in [0.5, 0.6) is 0 Å². The molecule has 0 heterocycles. The van der Waals surface area contributed by atoms with Gasteiger partial charge in [-0.05, 0) is 18.8 Å². The number of hydrogen-bond donors (Lipinski definition) is 1. The molecule has 2 heteroatoms. The van der Waals surface area contributed by atoms with Crippen LogP contribution in [0.3, 0.4) is 0 Å². The lowest BCUT2D eigenvalue weighted by atomic mass is 9.86. The van der Waals surface area contributed by atoms with Gasteiger partial charge in [-0.1, -0.05) is 81.0 Å². The number of hydrogen-bond acceptors (Lipinski definition) is 1. The molecule has 122 valence electrons. The largest absolute Gasteiger partial charge is 0.392 e. The lowest BCUT2D eigenvalue weighted by Crippen LogP contribution is -2.58. The maximum Gasteiger partial charge on any atom is 0.0935 e. The molecule has 0 bridgehead atoms. The minimum Gasteiger partial charge on any atom is -0.392 e. The predicted molar refractivity (Wildman–Crippen MR) is 101 cm³/mol. The normalized spacial score (nSPS) is 17.3. The molecule has 0 aromatic heterocycles. The Morgan fingerprint density at radius 1 is 1.23 bits per heavy atom. The van der Waals surface area contributed by atoms with Gasteiger partial charge >= 0.3 is 0 Å². The molecule has 1 N–H and O–H groups in total. The molecule has 0 fully saturated rings. The van der Waals surface area contributed by atoms with Crippen molar-refractivity contribution in [3.63, 3.8) is 0 Å². The fourth-order valence-corrected chi connectivity index (χ4v) is 7.72. The first-order valence-electron chi connectivity index (χ1n) is 8.35. The topological polar surface area (TPSA) is 20.2 Å². The average Bonchev–Trinajstić information content (AvgIpc) is 2.52. The number of aliphatic hydroxyl groups excluding tert-OH is 1. The molecular weight excluding hydrogens is 284 g/mol. The lowest BCUT2D eigenvalue weighted by molar-refractivity contribution is 0.0784. The van der Waals surface area contributed by atoms with Gasteiger partial charge in [0, 0.05) is 5.04 Å². The summed E-state index contributed by atoms with van der Waals surface area (Å²) < 4.78 is 0. The maximum atomic E-state index is 11.2. The van der Waals surface area contributed by atoms with Crippen LogP contribution < -0.4 is 5.19 Å². The maximum absolute atomic E-state index is 11.2. The van der Waals surface area contributed by atoms with Crippen molar-refractivity contribution in [2.75, 3.05) is 0 Å². The Labute approximate surface area is 137 Å². The highest BCUT2D eigenvalue weighted by Gasteiger charge is 2.50. The lowest BCUT2D eigenvalue weighted by Gasteiger charge is -2.49. The van der Waals surface area contributed by atoms with Crippen LogP contribution in [0.15, 0.2) is 55.6 Å². The molecule has 0 aliphatic carbocycles. The minimum absolute atomic E-state index is 0.192. The molecule has 0 unspecified atom stereocenters. The van der Waals surface area contributed by atoms with Crippen LogP contribution in [-0.4, -0.2) is 19.3 Å². The highest BCUT2D eigenvalue weighted by Crippen LogP contribution is 2.49. The molecule has 22 heavy (non-hydrogen) atoms. The summed E-state index contributed by atoms with van der Waals surface area (Å²) in [6, 6.07) is 10.7. The summed E-state index contributed by atoms with van der Waals surface area (Å²) in [6.45, 7) is 17.0. The highest BCUT2D eigenvalue weighted by atomic mass is 28.3. The van der Waals surface area contributed by atoms with Crippen molar-refractivity contribution in [1.82, 2.24) is 0 Å². The molecule has 0 radical (unpaired) electrons. The molecule has 0 aliphatic rings. The molecule has 0 saturated carbocycles. The van der Waals surface area contributed by atoms with Gasteiger partial charge in [0.2, 0.25) is 0 Å².